The lowest BCUT2D eigenvalue weighted by Crippen LogP contribution is -2.26. The molecule has 1 fully saturated rings. The Balaban J connectivity index is 2.11. The van der Waals surface area contributed by atoms with Crippen LogP contribution in [0.2, 0.25) is 0 Å². The Labute approximate surface area is 69.6 Å². The van der Waals surface area contributed by atoms with Gasteiger partial charge in [0.25, 0.3) is 0 Å². The summed E-state index contributed by atoms with van der Waals surface area (Å²) in [7, 11) is 0. The van der Waals surface area contributed by atoms with Gasteiger partial charge in [-0.25, -0.2) is 0 Å². The molecule has 0 aromatic rings. The zero-order chi connectivity index (χ0) is 8.10. The molecular weight excluding hydrogens is 134 g/mol. The smallest absolute Gasteiger partial charge is 0.0578 e. The summed E-state index contributed by atoms with van der Waals surface area (Å²) < 4.78 is 0. The van der Waals surface area contributed by atoms with Crippen LogP contribution in [-0.2, 0) is 0 Å². The highest BCUT2D eigenvalue weighted by Gasteiger charge is 2.19. The molecule has 62 valence electrons. The second-order valence-electron chi connectivity index (χ2n) is 3.42. The summed E-state index contributed by atoms with van der Waals surface area (Å²) in [6.45, 7) is 5.08. The first-order valence-corrected chi connectivity index (χ1v) is 4.46. The summed E-state index contributed by atoms with van der Waals surface area (Å²) in [4.78, 5) is 0. The normalized spacial score (nSPS) is 29.6. The molecule has 0 radical (unpaired) electrons. The van der Waals surface area contributed by atoms with Crippen LogP contribution >= 0.6 is 0 Å². The predicted molar refractivity (Wildman–Crippen MR) is 48.3 cm³/mol. The van der Waals surface area contributed by atoms with Crippen LogP contribution in [0, 0.1) is 17.8 Å². The summed E-state index contributed by atoms with van der Waals surface area (Å²) >= 11 is 0. The van der Waals surface area contributed by atoms with Gasteiger partial charge in [0, 0.05) is 6.04 Å². The lowest BCUT2D eigenvalue weighted by atomic mass is 10.1. The van der Waals surface area contributed by atoms with Crippen molar-refractivity contribution in [2.75, 3.05) is 6.54 Å². The topological polar surface area (TPSA) is 12.0 Å². The predicted octanol–water partition coefficient (Wildman–Crippen LogP) is 1.79. The zero-order valence-electron chi connectivity index (χ0n) is 7.48. The molecule has 1 heteroatoms. The molecule has 2 unspecified atom stereocenters. The summed E-state index contributed by atoms with van der Waals surface area (Å²) in [5.74, 6) is 6.84. The van der Waals surface area contributed by atoms with E-state index in [2.05, 4.69) is 24.1 Å². The van der Waals surface area contributed by atoms with E-state index in [1.807, 2.05) is 6.92 Å². The van der Waals surface area contributed by atoms with E-state index in [1.54, 1.807) is 0 Å². The fourth-order valence-corrected chi connectivity index (χ4v) is 1.68. The maximum Gasteiger partial charge on any atom is 0.0578 e. The summed E-state index contributed by atoms with van der Waals surface area (Å²) in [5.41, 5.74) is 0. The molecule has 0 amide bonds. The van der Waals surface area contributed by atoms with E-state index in [4.69, 9.17) is 0 Å². The van der Waals surface area contributed by atoms with E-state index >= 15 is 0 Å². The average Bonchev–Trinajstić information content (AvgIpc) is 2.37. The van der Waals surface area contributed by atoms with Crippen LogP contribution in [0.3, 0.4) is 0 Å². The zero-order valence-corrected chi connectivity index (χ0v) is 7.48. The van der Waals surface area contributed by atoms with E-state index in [-0.39, 0.29) is 0 Å². The minimum atomic E-state index is 0.742. The maximum absolute atomic E-state index is 3.44. The Hall–Kier alpha value is -0.480. The van der Waals surface area contributed by atoms with Gasteiger partial charge in [-0.3, -0.25) is 0 Å². The van der Waals surface area contributed by atoms with Crippen LogP contribution < -0.4 is 5.32 Å². The van der Waals surface area contributed by atoms with Crippen LogP contribution in [-0.4, -0.2) is 12.6 Å². The number of hydrogen-bond donors (Lipinski definition) is 1. The highest BCUT2D eigenvalue weighted by atomic mass is 14.9. The minimum absolute atomic E-state index is 0.742. The lowest BCUT2D eigenvalue weighted by Gasteiger charge is -2.08. The summed E-state index contributed by atoms with van der Waals surface area (Å²) in [6, 6.07) is 0.742. The Kier molecular flexibility index (Phi) is 3.45. The van der Waals surface area contributed by atoms with Gasteiger partial charge in [-0.2, -0.15) is 0 Å². The third-order valence-corrected chi connectivity index (χ3v) is 2.35. The Morgan fingerprint density at radius 3 is 2.82 bits per heavy atom. The molecule has 1 rings (SSSR count). The number of rotatable bonds is 2. The summed E-state index contributed by atoms with van der Waals surface area (Å²) in [5, 5.41) is 3.44. The van der Waals surface area contributed by atoms with Crippen molar-refractivity contribution in [3.8, 4) is 11.8 Å². The Bertz CT molecular complexity index is 163. The largest absolute Gasteiger partial charge is 0.303 e. The first-order chi connectivity index (χ1) is 5.33. The number of nitrogens with one attached hydrogen (secondary N) is 1. The molecule has 0 heterocycles. The van der Waals surface area contributed by atoms with Crippen molar-refractivity contribution in [3.63, 3.8) is 0 Å². The highest BCUT2D eigenvalue weighted by molar-refractivity contribution is 4.98. The maximum atomic E-state index is 3.44. The molecule has 0 aliphatic heterocycles. The van der Waals surface area contributed by atoms with E-state index in [9.17, 15) is 0 Å². The Morgan fingerprint density at radius 2 is 2.27 bits per heavy atom. The molecule has 1 nitrogen and oxygen atoms in total. The van der Waals surface area contributed by atoms with E-state index in [1.165, 1.54) is 19.3 Å². The van der Waals surface area contributed by atoms with Crippen molar-refractivity contribution in [1.29, 1.82) is 0 Å². The van der Waals surface area contributed by atoms with Crippen molar-refractivity contribution in [2.24, 2.45) is 5.92 Å². The van der Waals surface area contributed by atoms with Crippen LogP contribution in [0.15, 0.2) is 0 Å². The standard InChI is InChI=1S/C10H17N/c1-3-4-7-11-10-6-5-9(2)8-10/h9-11H,5-8H2,1-2H3. The summed E-state index contributed by atoms with van der Waals surface area (Å²) in [6.07, 6.45) is 4.06. The average molecular weight is 151 g/mol. The van der Waals surface area contributed by atoms with Crippen LogP contribution in [0.1, 0.15) is 33.1 Å². The molecular formula is C10H17N. The van der Waals surface area contributed by atoms with E-state index in [0.717, 1.165) is 18.5 Å². The second kappa shape index (κ2) is 4.41. The third kappa shape index (κ3) is 2.95. The molecule has 11 heavy (non-hydrogen) atoms. The molecule has 0 spiro atoms. The molecule has 0 saturated heterocycles. The van der Waals surface area contributed by atoms with Crippen LogP contribution in [0.4, 0.5) is 0 Å². The van der Waals surface area contributed by atoms with Gasteiger partial charge in [0.2, 0.25) is 0 Å². The van der Waals surface area contributed by atoms with Gasteiger partial charge in [0.15, 0.2) is 0 Å². The van der Waals surface area contributed by atoms with Gasteiger partial charge >= 0.3 is 0 Å². The fourth-order valence-electron chi connectivity index (χ4n) is 1.68. The fraction of sp³-hybridized carbons (Fsp3) is 0.800. The molecule has 1 aliphatic rings. The molecule has 0 aromatic carbocycles. The molecule has 1 aliphatic carbocycles. The monoisotopic (exact) mass is 151 g/mol. The van der Waals surface area contributed by atoms with Crippen molar-refractivity contribution in [2.45, 2.75) is 39.2 Å². The number of hydrogen-bond acceptors (Lipinski definition) is 1. The molecule has 1 N–H and O–H groups in total. The highest BCUT2D eigenvalue weighted by Crippen LogP contribution is 2.24. The molecule has 2 atom stereocenters. The molecule has 1 saturated carbocycles. The molecule has 0 aromatic heterocycles. The van der Waals surface area contributed by atoms with Crippen molar-refractivity contribution >= 4 is 0 Å². The third-order valence-electron chi connectivity index (χ3n) is 2.35. The first kappa shape index (κ1) is 8.62. The van der Waals surface area contributed by atoms with Gasteiger partial charge in [-0.1, -0.05) is 12.8 Å². The second-order valence-corrected chi connectivity index (χ2v) is 3.42. The Morgan fingerprint density at radius 1 is 1.45 bits per heavy atom. The van der Waals surface area contributed by atoms with E-state index in [0.29, 0.717) is 0 Å². The van der Waals surface area contributed by atoms with Gasteiger partial charge in [-0.05, 0) is 32.1 Å². The van der Waals surface area contributed by atoms with Crippen LogP contribution in [0.5, 0.6) is 0 Å². The van der Waals surface area contributed by atoms with Gasteiger partial charge in [0.1, 0.15) is 0 Å². The van der Waals surface area contributed by atoms with Gasteiger partial charge in [-0.15, -0.1) is 5.92 Å². The quantitative estimate of drug-likeness (QED) is 0.593. The first-order valence-electron chi connectivity index (χ1n) is 4.46. The lowest BCUT2D eigenvalue weighted by molar-refractivity contribution is 0.530. The van der Waals surface area contributed by atoms with Crippen molar-refractivity contribution in [3.05, 3.63) is 0 Å². The van der Waals surface area contributed by atoms with Crippen molar-refractivity contribution < 1.29 is 0 Å². The molecule has 0 bridgehead atoms. The van der Waals surface area contributed by atoms with Gasteiger partial charge < -0.3 is 5.32 Å². The SMILES string of the molecule is CC#CCNC1CCC(C)C1. The van der Waals surface area contributed by atoms with Crippen LogP contribution in [0.25, 0.3) is 0 Å². The van der Waals surface area contributed by atoms with E-state index < -0.39 is 0 Å². The minimum Gasteiger partial charge on any atom is -0.303 e. The van der Waals surface area contributed by atoms with Crippen molar-refractivity contribution in [1.82, 2.24) is 5.32 Å². The van der Waals surface area contributed by atoms with Gasteiger partial charge in [0.05, 0.1) is 6.54 Å².